The molecule has 302 valence electrons. The Morgan fingerprint density at radius 3 is 1.58 bits per heavy atom. The first kappa shape index (κ1) is 38.3. The van der Waals surface area contributed by atoms with Crippen molar-refractivity contribution in [3.63, 3.8) is 0 Å². The molecule has 0 amide bonds. The van der Waals surface area contributed by atoms with Crippen molar-refractivity contribution in [1.29, 1.82) is 0 Å². The summed E-state index contributed by atoms with van der Waals surface area (Å²) in [6.07, 6.45) is 9.06. The molecule has 64 heavy (non-hydrogen) atoms. The fraction of sp³-hybridized carbons (Fsp3) is 0.0345. The molecule has 0 bridgehead atoms. The number of hydrogen-bond acceptors (Lipinski definition) is 3. The molecule has 11 aromatic rings. The topological polar surface area (TPSA) is 52.9 Å². The minimum Gasteiger partial charge on any atom is -0.309 e. The zero-order valence-electron chi connectivity index (χ0n) is 35.1. The van der Waals surface area contributed by atoms with Crippen LogP contribution in [-0.4, -0.2) is 24.1 Å². The van der Waals surface area contributed by atoms with E-state index in [1.54, 1.807) is 0 Å². The third-order valence-corrected chi connectivity index (χ3v) is 11.9. The fourth-order valence-electron chi connectivity index (χ4n) is 9.05. The molecule has 0 aliphatic carbocycles. The molecule has 3 heterocycles. The Kier molecular flexibility index (Phi) is 9.76. The second-order valence-electron chi connectivity index (χ2n) is 15.8. The lowest BCUT2D eigenvalue weighted by atomic mass is 9.94. The van der Waals surface area contributed by atoms with Gasteiger partial charge in [0.25, 0.3) is 0 Å². The smallest absolute Gasteiger partial charge is 0.188 e. The maximum atomic E-state index is 8.06. The van der Waals surface area contributed by atoms with E-state index in [4.69, 9.17) is 21.5 Å². The van der Waals surface area contributed by atoms with E-state index in [1.165, 1.54) is 10.8 Å². The SMILES string of the molecule is [C-]#[N+]c1ccc2c(c1)c1cc(-n3c4ccccc4c4ccccc43)ccc1n2-c1c(C/C=C\C=C/C)cc(-c2nc(-c3ccccc3)nc(-c3ccccc3)n2)cc1-c1ccccc1. The second kappa shape index (κ2) is 16.3. The van der Waals surface area contributed by atoms with Gasteiger partial charge in [0.05, 0.1) is 34.3 Å². The summed E-state index contributed by atoms with van der Waals surface area (Å²) in [4.78, 5) is 19.3. The quantitative estimate of drug-likeness (QED) is 0.108. The number of rotatable bonds is 9. The van der Waals surface area contributed by atoms with E-state index in [1.807, 2.05) is 85.8 Å². The molecule has 0 fully saturated rings. The maximum absolute atomic E-state index is 8.06. The van der Waals surface area contributed by atoms with Crippen molar-refractivity contribution in [1.82, 2.24) is 24.1 Å². The van der Waals surface area contributed by atoms with Crippen molar-refractivity contribution in [3.05, 3.63) is 229 Å². The van der Waals surface area contributed by atoms with Crippen LogP contribution in [0.15, 0.2) is 212 Å². The highest BCUT2D eigenvalue weighted by molar-refractivity contribution is 6.13. The van der Waals surface area contributed by atoms with E-state index in [9.17, 15) is 0 Å². The highest BCUT2D eigenvalue weighted by Crippen LogP contribution is 2.43. The summed E-state index contributed by atoms with van der Waals surface area (Å²) in [5.41, 5.74) is 13.0. The van der Waals surface area contributed by atoms with E-state index in [0.717, 1.165) is 77.6 Å². The highest BCUT2D eigenvalue weighted by atomic mass is 15.0. The number of benzene rings is 8. The van der Waals surface area contributed by atoms with Gasteiger partial charge in [0.15, 0.2) is 23.2 Å². The maximum Gasteiger partial charge on any atom is 0.188 e. The summed E-state index contributed by atoms with van der Waals surface area (Å²) >= 11 is 0. The van der Waals surface area contributed by atoms with E-state index < -0.39 is 0 Å². The fourth-order valence-corrected chi connectivity index (χ4v) is 9.05. The van der Waals surface area contributed by atoms with Gasteiger partial charge < -0.3 is 9.13 Å². The van der Waals surface area contributed by atoms with Crippen LogP contribution >= 0.6 is 0 Å². The number of nitrogens with zero attached hydrogens (tertiary/aromatic N) is 6. The molecule has 3 aromatic heterocycles. The Morgan fingerprint density at radius 2 is 0.984 bits per heavy atom. The minimum absolute atomic E-state index is 0.592. The average Bonchev–Trinajstić information content (AvgIpc) is 3.87. The number of aromatic nitrogens is 5. The van der Waals surface area contributed by atoms with Crippen molar-refractivity contribution in [2.45, 2.75) is 13.3 Å². The van der Waals surface area contributed by atoms with Crippen LogP contribution in [0.2, 0.25) is 0 Å². The molecule has 0 unspecified atom stereocenters. The molecule has 0 N–H and O–H groups in total. The Labute approximate surface area is 371 Å². The van der Waals surface area contributed by atoms with Crippen LogP contribution in [-0.2, 0) is 6.42 Å². The van der Waals surface area contributed by atoms with Gasteiger partial charge in [0.2, 0.25) is 0 Å². The summed E-state index contributed by atoms with van der Waals surface area (Å²) in [7, 11) is 0. The molecular formula is C58H40N6. The molecule has 8 aromatic carbocycles. The van der Waals surface area contributed by atoms with Crippen molar-refractivity contribution in [2.24, 2.45) is 0 Å². The van der Waals surface area contributed by atoms with Crippen molar-refractivity contribution in [2.75, 3.05) is 0 Å². The molecule has 0 saturated carbocycles. The predicted molar refractivity (Wildman–Crippen MR) is 264 cm³/mol. The van der Waals surface area contributed by atoms with E-state index in [-0.39, 0.29) is 0 Å². The van der Waals surface area contributed by atoms with Crippen LogP contribution in [0.4, 0.5) is 5.69 Å². The Balaban J connectivity index is 1.21. The highest BCUT2D eigenvalue weighted by Gasteiger charge is 2.23. The van der Waals surface area contributed by atoms with Gasteiger partial charge in [-0.05, 0) is 84.5 Å². The molecule has 0 spiro atoms. The summed E-state index contributed by atoms with van der Waals surface area (Å²) in [6, 6.07) is 65.3. The van der Waals surface area contributed by atoms with E-state index in [2.05, 4.69) is 147 Å². The van der Waals surface area contributed by atoms with E-state index in [0.29, 0.717) is 29.6 Å². The normalized spacial score (nSPS) is 11.8. The Hall–Kier alpha value is -8.66. The number of fused-ring (bicyclic) bond motifs is 6. The lowest BCUT2D eigenvalue weighted by Crippen LogP contribution is -2.05. The van der Waals surface area contributed by atoms with Crippen molar-refractivity contribution in [3.8, 4) is 56.7 Å². The lowest BCUT2D eigenvalue weighted by molar-refractivity contribution is 1.07. The molecule has 0 radical (unpaired) electrons. The summed E-state index contributed by atoms with van der Waals surface area (Å²) in [6.45, 7) is 10.1. The van der Waals surface area contributed by atoms with Gasteiger partial charge in [0.1, 0.15) is 0 Å². The second-order valence-corrected chi connectivity index (χ2v) is 15.8. The molecule has 11 rings (SSSR count). The Morgan fingerprint density at radius 1 is 0.469 bits per heavy atom. The van der Waals surface area contributed by atoms with Crippen molar-refractivity contribution < 1.29 is 0 Å². The molecule has 6 nitrogen and oxygen atoms in total. The summed E-state index contributed by atoms with van der Waals surface area (Å²) < 4.78 is 4.76. The van der Waals surface area contributed by atoms with Gasteiger partial charge >= 0.3 is 0 Å². The van der Waals surface area contributed by atoms with Crippen molar-refractivity contribution >= 4 is 49.3 Å². The van der Waals surface area contributed by atoms with Gasteiger partial charge in [-0.25, -0.2) is 19.8 Å². The molecule has 6 heteroatoms. The van der Waals surface area contributed by atoms with Gasteiger partial charge in [0, 0.05) is 44.1 Å². The lowest BCUT2D eigenvalue weighted by Gasteiger charge is -2.20. The zero-order valence-corrected chi connectivity index (χ0v) is 35.1. The van der Waals surface area contributed by atoms with Crippen LogP contribution in [0, 0.1) is 6.57 Å². The van der Waals surface area contributed by atoms with Gasteiger partial charge in [-0.2, -0.15) is 0 Å². The summed E-state index contributed by atoms with van der Waals surface area (Å²) in [5.74, 6) is 1.82. The largest absolute Gasteiger partial charge is 0.309 e. The predicted octanol–water partition coefficient (Wildman–Crippen LogP) is 15.0. The molecule has 0 saturated heterocycles. The monoisotopic (exact) mass is 820 g/mol. The Bertz CT molecular complexity index is 3540. The van der Waals surface area contributed by atoms with Gasteiger partial charge in [-0.3, -0.25) is 0 Å². The van der Waals surface area contributed by atoms with Crippen LogP contribution < -0.4 is 0 Å². The first-order chi connectivity index (χ1) is 31.7. The molecule has 0 atom stereocenters. The average molecular weight is 821 g/mol. The van der Waals surface area contributed by atoms with Gasteiger partial charge in [-0.15, -0.1) is 0 Å². The first-order valence-electron chi connectivity index (χ1n) is 21.5. The number of allylic oxidation sites excluding steroid dienone is 4. The van der Waals surface area contributed by atoms with Crippen LogP contribution in [0.5, 0.6) is 0 Å². The first-order valence-corrected chi connectivity index (χ1v) is 21.5. The summed E-state index contributed by atoms with van der Waals surface area (Å²) in [5, 5.41) is 4.51. The number of para-hydroxylation sites is 2. The van der Waals surface area contributed by atoms with E-state index >= 15 is 0 Å². The third-order valence-electron chi connectivity index (χ3n) is 11.9. The van der Waals surface area contributed by atoms with Crippen LogP contribution in [0.1, 0.15) is 12.5 Å². The molecule has 0 aliphatic rings. The van der Waals surface area contributed by atoms with Gasteiger partial charge in [-0.1, -0.05) is 158 Å². The molecular weight excluding hydrogens is 781 g/mol. The standard InChI is InChI=1S/C58H40N6/c1-3-4-5-9-26-42-35-43(58-61-56(40-22-12-7-13-23-40)60-57(62-58)41-24-14-8-15-25-41)36-48(39-20-10-6-11-21-39)55(42)64-53-33-31-44(59-2)37-49(53)50-38-45(32-34-54(50)64)63-51-29-18-16-27-46(51)47-28-17-19-30-52(47)63/h3-25,27-38H,26H2,1H3/b4-3-,9-5-. The molecule has 0 aliphatic heterocycles. The zero-order chi connectivity index (χ0) is 43.0. The minimum atomic E-state index is 0.592. The number of hydrogen-bond donors (Lipinski definition) is 0. The van der Waals surface area contributed by atoms with Crippen LogP contribution in [0.25, 0.3) is 105 Å². The van der Waals surface area contributed by atoms with Crippen LogP contribution in [0.3, 0.4) is 0 Å². The third kappa shape index (κ3) is 6.73.